The van der Waals surface area contributed by atoms with Gasteiger partial charge in [-0.15, -0.1) is 0 Å². The number of rotatable bonds is 2. The number of hydrogen-bond donors (Lipinski definition) is 0. The fourth-order valence-corrected chi connectivity index (χ4v) is 2.26. The van der Waals surface area contributed by atoms with Crippen molar-refractivity contribution in [2.75, 3.05) is 13.2 Å². The van der Waals surface area contributed by atoms with Gasteiger partial charge in [0.25, 0.3) is 0 Å². The van der Waals surface area contributed by atoms with Gasteiger partial charge in [-0.25, -0.2) is 0 Å². The molecule has 0 radical (unpaired) electrons. The maximum atomic E-state index is 12.0. The Morgan fingerprint density at radius 2 is 1.86 bits per heavy atom. The van der Waals surface area contributed by atoms with Crippen LogP contribution in [0.3, 0.4) is 0 Å². The van der Waals surface area contributed by atoms with Crippen LogP contribution in [-0.4, -0.2) is 31.2 Å². The lowest BCUT2D eigenvalue weighted by atomic mass is 9.91. The predicted octanol–water partition coefficient (Wildman–Crippen LogP) is 1.55. The molecule has 14 heavy (non-hydrogen) atoms. The lowest BCUT2D eigenvalue weighted by Gasteiger charge is -2.23. The van der Waals surface area contributed by atoms with E-state index in [1.54, 1.807) is 0 Å². The first kappa shape index (κ1) is 10.1. The molecule has 0 aromatic heterocycles. The number of Topliss-reactive ketones (excluding diaryl/α,β-unsaturated/α-hetero) is 1. The molecule has 2 unspecified atom stereocenters. The Morgan fingerprint density at radius 3 is 2.43 bits per heavy atom. The summed E-state index contributed by atoms with van der Waals surface area (Å²) in [5.74, 6) is 0.511. The van der Waals surface area contributed by atoms with E-state index in [-0.39, 0.29) is 18.1 Å². The number of ketones is 1. The van der Waals surface area contributed by atoms with Gasteiger partial charge in [0, 0.05) is 19.1 Å². The van der Waals surface area contributed by atoms with Gasteiger partial charge in [0.15, 0.2) is 5.78 Å². The van der Waals surface area contributed by atoms with E-state index in [1.807, 2.05) is 6.92 Å². The summed E-state index contributed by atoms with van der Waals surface area (Å²) >= 11 is 0. The molecule has 2 atom stereocenters. The third-order valence-electron chi connectivity index (χ3n) is 3.17. The molecule has 0 saturated carbocycles. The van der Waals surface area contributed by atoms with Crippen LogP contribution in [0.4, 0.5) is 0 Å². The zero-order valence-electron chi connectivity index (χ0n) is 8.70. The molecule has 2 fully saturated rings. The second kappa shape index (κ2) is 4.41. The highest BCUT2D eigenvalue weighted by Gasteiger charge is 2.33. The molecule has 0 spiro atoms. The van der Waals surface area contributed by atoms with Gasteiger partial charge < -0.3 is 9.47 Å². The highest BCUT2D eigenvalue weighted by atomic mass is 16.5. The summed E-state index contributed by atoms with van der Waals surface area (Å²) in [6, 6.07) is 0. The second-order valence-corrected chi connectivity index (χ2v) is 4.30. The van der Waals surface area contributed by atoms with Crippen LogP contribution in [-0.2, 0) is 14.3 Å². The zero-order chi connectivity index (χ0) is 9.97. The van der Waals surface area contributed by atoms with E-state index < -0.39 is 0 Å². The first-order valence-corrected chi connectivity index (χ1v) is 5.54. The van der Waals surface area contributed by atoms with Gasteiger partial charge >= 0.3 is 0 Å². The Labute approximate surface area is 84.8 Å². The smallest absolute Gasteiger partial charge is 0.164 e. The van der Waals surface area contributed by atoms with E-state index in [4.69, 9.17) is 9.47 Å². The summed E-state index contributed by atoms with van der Waals surface area (Å²) in [7, 11) is 0. The monoisotopic (exact) mass is 198 g/mol. The highest BCUT2D eigenvalue weighted by Crippen LogP contribution is 2.26. The maximum Gasteiger partial charge on any atom is 0.164 e. The van der Waals surface area contributed by atoms with Crippen molar-refractivity contribution >= 4 is 5.78 Å². The molecule has 3 heteroatoms. The Kier molecular flexibility index (Phi) is 3.19. The predicted molar refractivity (Wildman–Crippen MR) is 52.1 cm³/mol. The molecule has 2 rings (SSSR count). The first-order chi connectivity index (χ1) is 6.77. The Hall–Kier alpha value is -0.410. The van der Waals surface area contributed by atoms with Crippen LogP contribution in [0.5, 0.6) is 0 Å². The summed E-state index contributed by atoms with van der Waals surface area (Å²) in [5, 5.41) is 0. The van der Waals surface area contributed by atoms with Gasteiger partial charge in [-0.1, -0.05) is 0 Å². The van der Waals surface area contributed by atoms with Crippen molar-refractivity contribution in [1.82, 2.24) is 0 Å². The first-order valence-electron chi connectivity index (χ1n) is 5.54. The van der Waals surface area contributed by atoms with Crippen molar-refractivity contribution in [1.29, 1.82) is 0 Å². The molecule has 2 aliphatic heterocycles. The Balaban J connectivity index is 1.87. The van der Waals surface area contributed by atoms with Crippen molar-refractivity contribution in [3.05, 3.63) is 0 Å². The van der Waals surface area contributed by atoms with Crippen LogP contribution in [0.1, 0.15) is 32.6 Å². The van der Waals surface area contributed by atoms with Gasteiger partial charge in [-0.2, -0.15) is 0 Å². The number of hydrogen-bond acceptors (Lipinski definition) is 3. The summed E-state index contributed by atoms with van der Waals surface area (Å²) in [6.07, 6.45) is 3.86. The van der Waals surface area contributed by atoms with E-state index in [2.05, 4.69) is 0 Å². The second-order valence-electron chi connectivity index (χ2n) is 4.30. The van der Waals surface area contributed by atoms with Crippen LogP contribution >= 0.6 is 0 Å². The number of carbonyl (C=O) groups is 1. The van der Waals surface area contributed by atoms with Crippen LogP contribution in [0, 0.1) is 5.92 Å². The van der Waals surface area contributed by atoms with Crippen molar-refractivity contribution < 1.29 is 14.3 Å². The van der Waals surface area contributed by atoms with E-state index >= 15 is 0 Å². The van der Waals surface area contributed by atoms with Gasteiger partial charge in [0.2, 0.25) is 0 Å². The molecule has 3 nitrogen and oxygen atoms in total. The average Bonchev–Trinajstić information content (AvgIpc) is 2.65. The standard InChI is InChI=1S/C11H18O3/c1-8-2-3-10(14-8)11(12)9-4-6-13-7-5-9/h8-10H,2-7H2,1H3. The van der Waals surface area contributed by atoms with E-state index in [0.717, 1.165) is 38.9 Å². The summed E-state index contributed by atoms with van der Waals surface area (Å²) in [6.45, 7) is 3.51. The zero-order valence-corrected chi connectivity index (χ0v) is 8.70. The molecule has 2 saturated heterocycles. The molecule has 2 heterocycles. The molecular weight excluding hydrogens is 180 g/mol. The van der Waals surface area contributed by atoms with Gasteiger partial charge in [0.1, 0.15) is 6.10 Å². The van der Waals surface area contributed by atoms with Crippen LogP contribution < -0.4 is 0 Å². The van der Waals surface area contributed by atoms with Crippen LogP contribution in [0.2, 0.25) is 0 Å². The molecule has 80 valence electrons. The van der Waals surface area contributed by atoms with E-state index in [0.29, 0.717) is 5.78 Å². The van der Waals surface area contributed by atoms with Crippen molar-refractivity contribution in [2.45, 2.75) is 44.8 Å². The fraction of sp³-hybridized carbons (Fsp3) is 0.909. The van der Waals surface area contributed by atoms with Crippen molar-refractivity contribution in [3.8, 4) is 0 Å². The van der Waals surface area contributed by atoms with Crippen LogP contribution in [0.15, 0.2) is 0 Å². The molecule has 0 aromatic carbocycles. The molecule has 0 N–H and O–H groups in total. The minimum Gasteiger partial charge on any atom is -0.381 e. The molecule has 0 bridgehead atoms. The lowest BCUT2D eigenvalue weighted by molar-refractivity contribution is -0.136. The molecular formula is C11H18O3. The minimum atomic E-state index is -0.118. The maximum absolute atomic E-state index is 12.0. The van der Waals surface area contributed by atoms with Gasteiger partial charge in [0.05, 0.1) is 6.10 Å². The van der Waals surface area contributed by atoms with Crippen molar-refractivity contribution in [2.24, 2.45) is 5.92 Å². The fourth-order valence-electron chi connectivity index (χ4n) is 2.26. The molecule has 0 aromatic rings. The summed E-state index contributed by atoms with van der Waals surface area (Å²) in [4.78, 5) is 12.0. The van der Waals surface area contributed by atoms with Gasteiger partial charge in [-0.3, -0.25) is 4.79 Å². The SMILES string of the molecule is CC1CCC(C(=O)C2CCOCC2)O1. The lowest BCUT2D eigenvalue weighted by Crippen LogP contribution is -2.32. The largest absolute Gasteiger partial charge is 0.381 e. The number of carbonyl (C=O) groups excluding carboxylic acids is 1. The topological polar surface area (TPSA) is 35.5 Å². The molecule has 0 amide bonds. The summed E-state index contributed by atoms with van der Waals surface area (Å²) in [5.41, 5.74) is 0. The van der Waals surface area contributed by atoms with Crippen LogP contribution in [0.25, 0.3) is 0 Å². The third-order valence-corrected chi connectivity index (χ3v) is 3.17. The molecule has 2 aliphatic rings. The van der Waals surface area contributed by atoms with E-state index in [1.165, 1.54) is 0 Å². The molecule has 0 aliphatic carbocycles. The Bertz CT molecular complexity index is 202. The third kappa shape index (κ3) is 2.15. The quantitative estimate of drug-likeness (QED) is 0.675. The minimum absolute atomic E-state index is 0.118. The van der Waals surface area contributed by atoms with E-state index in [9.17, 15) is 4.79 Å². The average molecular weight is 198 g/mol. The highest BCUT2D eigenvalue weighted by molar-refractivity contribution is 5.85. The number of ether oxygens (including phenoxy) is 2. The van der Waals surface area contributed by atoms with Gasteiger partial charge in [-0.05, 0) is 32.6 Å². The normalized spacial score (nSPS) is 34.6. The van der Waals surface area contributed by atoms with Crippen molar-refractivity contribution in [3.63, 3.8) is 0 Å². The Morgan fingerprint density at radius 1 is 1.14 bits per heavy atom. The summed E-state index contributed by atoms with van der Waals surface area (Å²) < 4.78 is 10.8.